The molecule has 0 bridgehead atoms. The first-order valence-corrected chi connectivity index (χ1v) is 18.5. The van der Waals surface area contributed by atoms with Gasteiger partial charge in [0.2, 0.25) is 0 Å². The fourth-order valence-corrected chi connectivity index (χ4v) is 7.09. The van der Waals surface area contributed by atoms with Gasteiger partial charge < -0.3 is 19.3 Å². The van der Waals surface area contributed by atoms with Gasteiger partial charge in [0.05, 0.1) is 28.7 Å². The number of nitrogens with two attached hydrogens (primary N) is 1. The first-order chi connectivity index (χ1) is 27.0. The minimum absolute atomic E-state index is 0.522. The van der Waals surface area contributed by atoms with E-state index in [0.29, 0.717) is 6.67 Å². The van der Waals surface area contributed by atoms with Gasteiger partial charge in [0.25, 0.3) is 0 Å². The average molecular weight is 716 g/mol. The van der Waals surface area contributed by atoms with Crippen LogP contribution < -0.4 is 5.73 Å². The van der Waals surface area contributed by atoms with E-state index < -0.39 is 0 Å². The molecule has 270 valence electrons. The summed E-state index contributed by atoms with van der Waals surface area (Å²) in [5, 5.41) is 7.34. The van der Waals surface area contributed by atoms with Gasteiger partial charge in [-0.05, 0) is 74.0 Å². The Morgan fingerprint density at radius 2 is 1.00 bits per heavy atom. The van der Waals surface area contributed by atoms with Crippen LogP contribution in [0.1, 0.15) is 19.4 Å². The molecule has 0 aliphatic rings. The Hall–Kier alpha value is -6.88. The Morgan fingerprint density at radius 3 is 1.44 bits per heavy atom. The number of aromatic nitrogens is 2. The Kier molecular flexibility index (Phi) is 11.2. The van der Waals surface area contributed by atoms with Crippen LogP contribution in [0.4, 0.5) is 0 Å². The third kappa shape index (κ3) is 7.50. The van der Waals surface area contributed by atoms with Gasteiger partial charge >= 0.3 is 0 Å². The van der Waals surface area contributed by atoms with Crippen molar-refractivity contribution in [2.45, 2.75) is 20.5 Å². The molecule has 0 amide bonds. The summed E-state index contributed by atoms with van der Waals surface area (Å²) >= 11 is 0. The van der Waals surface area contributed by atoms with Crippen molar-refractivity contribution >= 4 is 71.1 Å². The predicted molar refractivity (Wildman–Crippen MR) is 238 cm³/mol. The third-order valence-electron chi connectivity index (χ3n) is 9.64. The minimum Gasteiger partial charge on any atom is -0.456 e. The van der Waals surface area contributed by atoms with Crippen LogP contribution >= 0.6 is 0 Å². The van der Waals surface area contributed by atoms with Crippen LogP contribution in [0, 0.1) is 0 Å². The van der Waals surface area contributed by atoms with Crippen molar-refractivity contribution in [2.24, 2.45) is 5.73 Å². The van der Waals surface area contributed by atoms with Gasteiger partial charge in [-0.1, -0.05) is 152 Å². The Bertz CT molecular complexity index is 2790. The molecule has 55 heavy (non-hydrogen) atoms. The highest BCUT2D eigenvalue weighted by atomic mass is 16.3. The van der Waals surface area contributed by atoms with Gasteiger partial charge in [-0.2, -0.15) is 0 Å². The number of allylic oxidation sites excluding steroid dienone is 4. The van der Waals surface area contributed by atoms with Gasteiger partial charge in [-0.25, -0.2) is 0 Å². The fourth-order valence-electron chi connectivity index (χ4n) is 7.09. The highest BCUT2D eigenvalue weighted by Gasteiger charge is 2.14. The summed E-state index contributed by atoms with van der Waals surface area (Å²) < 4.78 is 10.6. The lowest BCUT2D eigenvalue weighted by Crippen LogP contribution is -2.05. The fraction of sp³-hybridized carbons (Fsp3) is 0.0588. The van der Waals surface area contributed by atoms with Crippen molar-refractivity contribution in [1.82, 2.24) is 9.13 Å². The molecular weight excluding hydrogens is 671 g/mol. The molecule has 0 saturated heterocycles. The molecule has 0 radical (unpaired) electrons. The highest BCUT2D eigenvalue weighted by molar-refractivity contribution is 6.11. The second kappa shape index (κ2) is 16.9. The maximum atomic E-state index is 6.10. The number of benzene rings is 7. The van der Waals surface area contributed by atoms with Crippen molar-refractivity contribution in [3.05, 3.63) is 207 Å². The van der Waals surface area contributed by atoms with Gasteiger partial charge in [-0.3, -0.25) is 0 Å². The number of fused-ring (bicyclic) bond motifs is 9. The van der Waals surface area contributed by atoms with Crippen molar-refractivity contribution in [3.63, 3.8) is 0 Å². The number of nitrogens with zero attached hydrogens (tertiary/aromatic N) is 2. The van der Waals surface area contributed by atoms with Gasteiger partial charge in [-0.15, -0.1) is 0 Å². The summed E-state index contributed by atoms with van der Waals surface area (Å²) in [7, 11) is 0. The zero-order chi connectivity index (χ0) is 38.1. The Morgan fingerprint density at radius 1 is 0.564 bits per heavy atom. The SMILES string of the molecule is C=C(C)c1ccc2oc3ccc(-n4c5ccccc5c5ccccc54)cc3c2c1.C=C/C=C\C.NCn1c2ccccc2c2ccccc21.c1ccccc1. The molecule has 0 fully saturated rings. The lowest BCUT2D eigenvalue weighted by Gasteiger charge is -2.08. The topological polar surface area (TPSA) is 49.0 Å². The van der Waals surface area contributed by atoms with E-state index in [1.807, 2.05) is 80.6 Å². The molecule has 0 aliphatic carbocycles. The van der Waals surface area contributed by atoms with Crippen LogP contribution in [-0.2, 0) is 6.67 Å². The number of hydrogen-bond acceptors (Lipinski definition) is 2. The molecule has 3 aromatic heterocycles. The van der Waals surface area contributed by atoms with Crippen LogP contribution in [0.2, 0.25) is 0 Å². The number of hydrogen-bond donors (Lipinski definition) is 1. The molecule has 10 aromatic rings. The van der Waals surface area contributed by atoms with Crippen molar-refractivity contribution in [1.29, 1.82) is 0 Å². The smallest absolute Gasteiger partial charge is 0.135 e. The largest absolute Gasteiger partial charge is 0.456 e. The highest BCUT2D eigenvalue weighted by Crippen LogP contribution is 2.36. The van der Waals surface area contributed by atoms with E-state index in [-0.39, 0.29) is 0 Å². The second-order valence-corrected chi connectivity index (χ2v) is 13.2. The molecule has 4 nitrogen and oxygen atoms in total. The summed E-state index contributed by atoms with van der Waals surface area (Å²) in [5.74, 6) is 0. The number of rotatable bonds is 4. The average Bonchev–Trinajstić information content (AvgIpc) is 3.89. The van der Waals surface area contributed by atoms with Gasteiger partial charge in [0.1, 0.15) is 11.2 Å². The Balaban J connectivity index is 0.000000148. The standard InChI is InChI=1S/C27H19NO.C13H12N2.C6H6.C5H8/c1-17(2)18-11-13-26-22(15-18)23-16-19(12-14-27(23)29-26)28-24-9-5-3-7-20(24)21-8-4-6-10-25(21)28;14-9-15-12-7-3-1-5-10(12)11-6-2-4-8-13(11)15;1-2-4-6-5-3-1;1-3-5-4-2/h3-16H,1H2,2H3;1-8H,9,14H2;1-6H;3-5H,1H2,2H3/b;;;5-4-. The molecular formula is C51H45N3O. The van der Waals surface area contributed by atoms with E-state index in [1.165, 1.54) is 43.6 Å². The first-order valence-electron chi connectivity index (χ1n) is 18.5. The Labute approximate surface area is 322 Å². The zero-order valence-corrected chi connectivity index (χ0v) is 31.4. The monoisotopic (exact) mass is 715 g/mol. The van der Waals surface area contributed by atoms with E-state index in [0.717, 1.165) is 38.8 Å². The summed E-state index contributed by atoms with van der Waals surface area (Å²) in [4.78, 5) is 0. The van der Waals surface area contributed by atoms with Crippen LogP contribution in [0.15, 0.2) is 206 Å². The quantitative estimate of drug-likeness (QED) is 0.184. The predicted octanol–water partition coefficient (Wildman–Crippen LogP) is 13.9. The van der Waals surface area contributed by atoms with E-state index in [4.69, 9.17) is 10.2 Å². The zero-order valence-electron chi connectivity index (χ0n) is 31.4. The lowest BCUT2D eigenvalue weighted by atomic mass is 10.0. The van der Waals surface area contributed by atoms with Crippen LogP contribution in [0.3, 0.4) is 0 Å². The molecule has 0 saturated carbocycles. The van der Waals surface area contributed by atoms with Gasteiger partial charge in [0.15, 0.2) is 0 Å². The molecule has 0 spiro atoms. The van der Waals surface area contributed by atoms with E-state index in [1.54, 1.807) is 6.08 Å². The summed E-state index contributed by atoms with van der Waals surface area (Å²) in [6, 6.07) is 58.7. The molecule has 0 aliphatic heterocycles. The van der Waals surface area contributed by atoms with E-state index >= 15 is 0 Å². The number of para-hydroxylation sites is 4. The molecule has 0 atom stereocenters. The maximum absolute atomic E-state index is 6.10. The number of furan rings is 1. The first kappa shape index (κ1) is 36.5. The van der Waals surface area contributed by atoms with Crippen molar-refractivity contribution < 1.29 is 4.42 Å². The van der Waals surface area contributed by atoms with Crippen molar-refractivity contribution in [2.75, 3.05) is 0 Å². The molecule has 4 heteroatoms. The molecule has 2 N–H and O–H groups in total. The molecule has 0 unspecified atom stereocenters. The molecule has 3 heterocycles. The van der Waals surface area contributed by atoms with Crippen LogP contribution in [0.25, 0.3) is 76.8 Å². The normalized spacial score (nSPS) is 11.0. The molecule has 10 rings (SSSR count). The molecule has 7 aromatic carbocycles. The third-order valence-corrected chi connectivity index (χ3v) is 9.64. The minimum atomic E-state index is 0.522. The van der Waals surface area contributed by atoms with Crippen LogP contribution in [0.5, 0.6) is 0 Å². The van der Waals surface area contributed by atoms with Crippen LogP contribution in [-0.4, -0.2) is 9.13 Å². The summed E-state index contributed by atoms with van der Waals surface area (Å²) in [5.41, 5.74) is 15.8. The second-order valence-electron chi connectivity index (χ2n) is 13.2. The maximum Gasteiger partial charge on any atom is 0.135 e. The van der Waals surface area contributed by atoms with Crippen molar-refractivity contribution in [3.8, 4) is 5.69 Å². The van der Waals surface area contributed by atoms with E-state index in [9.17, 15) is 0 Å². The summed E-state index contributed by atoms with van der Waals surface area (Å²) in [6.07, 6.45) is 5.58. The summed E-state index contributed by atoms with van der Waals surface area (Å²) in [6.45, 7) is 12.1. The van der Waals surface area contributed by atoms with E-state index in [2.05, 4.69) is 138 Å². The lowest BCUT2D eigenvalue weighted by molar-refractivity contribution is 0.669. The van der Waals surface area contributed by atoms with Gasteiger partial charge in [0, 0.05) is 38.0 Å².